The first-order valence-corrected chi connectivity index (χ1v) is 7.59. The molecule has 0 aromatic carbocycles. The third-order valence-electron chi connectivity index (χ3n) is 4.24. The number of aliphatic hydroxyl groups is 1. The first kappa shape index (κ1) is 20.8. The number of piperazine rings is 1. The molecule has 1 rings (SSSR count). The van der Waals surface area contributed by atoms with Crippen molar-refractivity contribution in [2.24, 2.45) is 0 Å². The first-order valence-electron chi connectivity index (χ1n) is 7.59. The highest BCUT2D eigenvalue weighted by Crippen LogP contribution is 2.15. The first-order chi connectivity index (χ1) is 9.97. The molecule has 1 saturated heterocycles. The van der Waals surface area contributed by atoms with E-state index in [1.165, 1.54) is 0 Å². The SMILES string of the molecule is O=C(O)CCCN1CC[N+](CCO)(CCCC(=O)O)CC1.[OH-]. The lowest BCUT2D eigenvalue weighted by atomic mass is 10.1. The van der Waals surface area contributed by atoms with E-state index in [9.17, 15) is 14.7 Å². The molecule has 0 unspecified atom stereocenters. The van der Waals surface area contributed by atoms with Gasteiger partial charge < -0.3 is 25.3 Å². The number of quaternary nitrogens is 1. The van der Waals surface area contributed by atoms with Crippen LogP contribution >= 0.6 is 0 Å². The van der Waals surface area contributed by atoms with Gasteiger partial charge in [0.15, 0.2) is 0 Å². The summed E-state index contributed by atoms with van der Waals surface area (Å²) in [6.07, 6.45) is 1.67. The van der Waals surface area contributed by atoms with E-state index in [0.717, 1.165) is 43.8 Å². The molecule has 0 aliphatic carbocycles. The van der Waals surface area contributed by atoms with E-state index in [2.05, 4.69) is 4.90 Å². The number of carboxylic acid groups (broad SMARTS) is 2. The minimum atomic E-state index is -0.774. The molecule has 0 bridgehead atoms. The van der Waals surface area contributed by atoms with E-state index in [0.29, 0.717) is 19.4 Å². The van der Waals surface area contributed by atoms with Gasteiger partial charge in [0, 0.05) is 25.9 Å². The van der Waals surface area contributed by atoms with Crippen LogP contribution in [0.25, 0.3) is 0 Å². The van der Waals surface area contributed by atoms with Gasteiger partial charge >= 0.3 is 11.9 Å². The van der Waals surface area contributed by atoms with Crippen molar-refractivity contribution in [3.63, 3.8) is 0 Å². The van der Waals surface area contributed by atoms with E-state index in [4.69, 9.17) is 10.2 Å². The summed E-state index contributed by atoms with van der Waals surface area (Å²) >= 11 is 0. The molecule has 1 fully saturated rings. The minimum absolute atomic E-state index is 0. The van der Waals surface area contributed by atoms with Crippen LogP contribution in [0.3, 0.4) is 0 Å². The molecule has 130 valence electrons. The smallest absolute Gasteiger partial charge is 0.303 e. The van der Waals surface area contributed by atoms with Gasteiger partial charge in [-0.05, 0) is 13.0 Å². The number of carbonyl (C=O) groups is 2. The molecule has 1 aliphatic rings. The molecule has 4 N–H and O–H groups in total. The zero-order valence-corrected chi connectivity index (χ0v) is 13.0. The molecule has 22 heavy (non-hydrogen) atoms. The van der Waals surface area contributed by atoms with Crippen molar-refractivity contribution in [3.8, 4) is 0 Å². The molecule has 1 heterocycles. The molecule has 0 saturated carbocycles. The van der Waals surface area contributed by atoms with Crippen LogP contribution in [0.4, 0.5) is 0 Å². The fourth-order valence-electron chi connectivity index (χ4n) is 2.95. The highest BCUT2D eigenvalue weighted by atomic mass is 16.4. The zero-order chi connectivity index (χ0) is 15.7. The predicted molar refractivity (Wildman–Crippen MR) is 78.9 cm³/mol. The molecule has 0 aromatic rings. The summed E-state index contributed by atoms with van der Waals surface area (Å²) in [7, 11) is 0. The van der Waals surface area contributed by atoms with Gasteiger partial charge in [0.25, 0.3) is 0 Å². The molecular formula is C14H28N2O6. The Morgan fingerprint density at radius 2 is 1.50 bits per heavy atom. The lowest BCUT2D eigenvalue weighted by Gasteiger charge is -2.44. The second kappa shape index (κ2) is 10.5. The van der Waals surface area contributed by atoms with Gasteiger partial charge in [-0.25, -0.2) is 0 Å². The molecular weight excluding hydrogens is 292 g/mol. The third-order valence-corrected chi connectivity index (χ3v) is 4.24. The van der Waals surface area contributed by atoms with Gasteiger partial charge in [-0.15, -0.1) is 0 Å². The van der Waals surface area contributed by atoms with Crippen LogP contribution in [0.1, 0.15) is 25.7 Å². The van der Waals surface area contributed by atoms with Crippen LogP contribution in [0.15, 0.2) is 0 Å². The van der Waals surface area contributed by atoms with Crippen molar-refractivity contribution >= 4 is 11.9 Å². The maximum absolute atomic E-state index is 10.6. The maximum Gasteiger partial charge on any atom is 0.303 e. The average Bonchev–Trinajstić information content (AvgIpc) is 2.41. The maximum atomic E-state index is 10.6. The Balaban J connectivity index is 0.00000441. The second-order valence-electron chi connectivity index (χ2n) is 5.80. The average molecular weight is 320 g/mol. The minimum Gasteiger partial charge on any atom is -0.870 e. The Morgan fingerprint density at radius 1 is 0.955 bits per heavy atom. The van der Waals surface area contributed by atoms with Crippen molar-refractivity contribution in [2.45, 2.75) is 25.7 Å². The van der Waals surface area contributed by atoms with Crippen LogP contribution < -0.4 is 0 Å². The molecule has 8 nitrogen and oxygen atoms in total. The number of hydrogen-bond acceptors (Lipinski definition) is 5. The topological polar surface area (TPSA) is 128 Å². The van der Waals surface area contributed by atoms with Gasteiger partial charge in [-0.1, -0.05) is 0 Å². The van der Waals surface area contributed by atoms with Crippen molar-refractivity contribution in [1.82, 2.24) is 4.90 Å². The number of carboxylic acids is 2. The summed E-state index contributed by atoms with van der Waals surface area (Å²) in [6, 6.07) is 0. The normalized spacial score (nSPS) is 17.7. The van der Waals surface area contributed by atoms with Crippen molar-refractivity contribution in [3.05, 3.63) is 0 Å². The molecule has 0 spiro atoms. The summed E-state index contributed by atoms with van der Waals surface area (Å²) < 4.78 is 0.777. The summed E-state index contributed by atoms with van der Waals surface area (Å²) in [4.78, 5) is 23.4. The van der Waals surface area contributed by atoms with Crippen molar-refractivity contribution in [2.75, 3.05) is 52.4 Å². The van der Waals surface area contributed by atoms with E-state index in [1.54, 1.807) is 0 Å². The third kappa shape index (κ3) is 7.69. The van der Waals surface area contributed by atoms with E-state index in [-0.39, 0.29) is 24.9 Å². The van der Waals surface area contributed by atoms with Crippen LogP contribution in [0.2, 0.25) is 0 Å². The summed E-state index contributed by atoms with van der Waals surface area (Å²) in [5, 5.41) is 26.6. The lowest BCUT2D eigenvalue weighted by molar-refractivity contribution is -0.932. The van der Waals surface area contributed by atoms with Crippen molar-refractivity contribution in [1.29, 1.82) is 0 Å². The Kier molecular flexibility index (Phi) is 9.91. The van der Waals surface area contributed by atoms with Gasteiger partial charge in [0.2, 0.25) is 0 Å². The van der Waals surface area contributed by atoms with E-state index < -0.39 is 11.9 Å². The highest BCUT2D eigenvalue weighted by Gasteiger charge is 2.31. The van der Waals surface area contributed by atoms with Crippen molar-refractivity contribution < 1.29 is 34.9 Å². The van der Waals surface area contributed by atoms with Gasteiger partial charge in [0.05, 0.1) is 32.7 Å². The molecule has 0 radical (unpaired) electrons. The predicted octanol–water partition coefficient (Wildman–Crippen LogP) is -0.336. The molecule has 0 atom stereocenters. The lowest BCUT2D eigenvalue weighted by Crippen LogP contribution is -2.61. The zero-order valence-electron chi connectivity index (χ0n) is 13.0. The number of aliphatic carboxylic acids is 2. The molecule has 0 amide bonds. The summed E-state index contributed by atoms with van der Waals surface area (Å²) in [5.41, 5.74) is 0. The number of aliphatic hydroxyl groups excluding tert-OH is 1. The van der Waals surface area contributed by atoms with E-state index in [1.807, 2.05) is 0 Å². The van der Waals surface area contributed by atoms with Crippen LogP contribution in [0, 0.1) is 0 Å². The largest absolute Gasteiger partial charge is 0.870 e. The Morgan fingerprint density at radius 3 is 2.00 bits per heavy atom. The van der Waals surface area contributed by atoms with Crippen LogP contribution in [0.5, 0.6) is 0 Å². The van der Waals surface area contributed by atoms with Gasteiger partial charge in [-0.3, -0.25) is 14.5 Å². The number of rotatable bonds is 10. The molecule has 1 aliphatic heterocycles. The van der Waals surface area contributed by atoms with Crippen LogP contribution in [-0.2, 0) is 9.59 Å². The Labute approximate surface area is 130 Å². The Hall–Kier alpha value is -1.22. The quantitative estimate of drug-likeness (QED) is 0.470. The Bertz CT molecular complexity index is 342. The van der Waals surface area contributed by atoms with Gasteiger partial charge in [-0.2, -0.15) is 0 Å². The standard InChI is InChI=1S/C14H26N2O5.H2O/c17-12-11-16(8-2-4-14(20)21)9-6-15(7-10-16)5-1-3-13(18)19;/h17H,1-12H2,(H-,18,19,20,21);1H2. The monoisotopic (exact) mass is 320 g/mol. The highest BCUT2D eigenvalue weighted by molar-refractivity contribution is 5.66. The number of hydrogen-bond donors (Lipinski definition) is 3. The van der Waals surface area contributed by atoms with Gasteiger partial charge in [0.1, 0.15) is 6.54 Å². The second-order valence-corrected chi connectivity index (χ2v) is 5.80. The molecule has 0 aromatic heterocycles. The van der Waals surface area contributed by atoms with Crippen LogP contribution in [-0.4, -0.2) is 94.5 Å². The fraction of sp³-hybridized carbons (Fsp3) is 0.857. The van der Waals surface area contributed by atoms with E-state index >= 15 is 0 Å². The molecule has 8 heteroatoms. The fourth-order valence-corrected chi connectivity index (χ4v) is 2.95. The number of nitrogens with zero attached hydrogens (tertiary/aromatic N) is 2. The summed E-state index contributed by atoms with van der Waals surface area (Å²) in [6.45, 7) is 5.92. The summed E-state index contributed by atoms with van der Waals surface area (Å²) in [5.74, 6) is -1.53.